The van der Waals surface area contributed by atoms with Crippen molar-refractivity contribution < 1.29 is 13.2 Å². The van der Waals surface area contributed by atoms with Gasteiger partial charge in [0, 0.05) is 17.3 Å². The second kappa shape index (κ2) is 8.38. The second-order valence-electron chi connectivity index (χ2n) is 6.82. The van der Waals surface area contributed by atoms with Crippen molar-refractivity contribution >= 4 is 23.2 Å². The fourth-order valence-corrected chi connectivity index (χ4v) is 3.47. The summed E-state index contributed by atoms with van der Waals surface area (Å²) >= 11 is 6.48. The number of aromatic nitrogens is 6. The Morgan fingerprint density at radius 2 is 1.81 bits per heavy atom. The molecule has 4 aromatic rings. The van der Waals surface area contributed by atoms with Gasteiger partial charge in [0.1, 0.15) is 29.5 Å². The van der Waals surface area contributed by atoms with Gasteiger partial charge >= 0.3 is 0 Å². The van der Waals surface area contributed by atoms with Crippen molar-refractivity contribution in [2.24, 2.45) is 0 Å². The average molecular weight is 448 g/mol. The summed E-state index contributed by atoms with van der Waals surface area (Å²) in [6, 6.07) is 8.91. The van der Waals surface area contributed by atoms with Gasteiger partial charge in [0.25, 0.3) is 6.43 Å². The molecule has 0 atom stereocenters. The van der Waals surface area contributed by atoms with Crippen molar-refractivity contribution in [3.8, 4) is 17.1 Å². The van der Waals surface area contributed by atoms with Gasteiger partial charge in [-0.2, -0.15) is 10.2 Å². The average Bonchev–Trinajstić information content (AvgIpc) is 3.21. The van der Waals surface area contributed by atoms with Gasteiger partial charge in [-0.25, -0.2) is 27.8 Å². The Kier molecular flexibility index (Phi) is 5.64. The van der Waals surface area contributed by atoms with Crippen molar-refractivity contribution in [1.82, 2.24) is 29.5 Å². The summed E-state index contributed by atoms with van der Waals surface area (Å²) in [7, 11) is 0. The number of hydrogen-bond donors (Lipinski definition) is 1. The van der Waals surface area contributed by atoms with Crippen molar-refractivity contribution in [1.29, 1.82) is 0 Å². The fourth-order valence-electron chi connectivity index (χ4n) is 3.18. The van der Waals surface area contributed by atoms with E-state index in [0.29, 0.717) is 17.2 Å². The molecular formula is C20H17ClF3N7. The van der Waals surface area contributed by atoms with E-state index in [1.165, 1.54) is 30.6 Å². The van der Waals surface area contributed by atoms with Gasteiger partial charge in [-0.15, -0.1) is 0 Å². The minimum absolute atomic E-state index is 0.110. The first-order valence-corrected chi connectivity index (χ1v) is 9.62. The van der Waals surface area contributed by atoms with E-state index in [0.717, 1.165) is 16.1 Å². The number of benzene rings is 1. The van der Waals surface area contributed by atoms with Gasteiger partial charge in [-0.3, -0.25) is 4.68 Å². The normalized spacial score (nSPS) is 11.3. The molecule has 31 heavy (non-hydrogen) atoms. The quantitative estimate of drug-likeness (QED) is 0.453. The second-order valence-corrected chi connectivity index (χ2v) is 7.19. The number of anilines is 2. The first kappa shape index (κ1) is 20.9. The Balaban J connectivity index is 1.71. The molecule has 0 amide bonds. The Morgan fingerprint density at radius 1 is 1.06 bits per heavy atom. The largest absolute Gasteiger partial charge is 0.322 e. The van der Waals surface area contributed by atoms with E-state index in [2.05, 4.69) is 25.5 Å². The molecule has 3 heterocycles. The summed E-state index contributed by atoms with van der Waals surface area (Å²) in [6.45, 7) is 3.10. The van der Waals surface area contributed by atoms with E-state index in [1.54, 1.807) is 10.7 Å². The Labute approximate surface area is 180 Å². The first-order chi connectivity index (χ1) is 14.8. The third-order valence-electron chi connectivity index (χ3n) is 4.45. The highest BCUT2D eigenvalue weighted by molar-refractivity contribution is 6.35. The van der Waals surface area contributed by atoms with Crippen LogP contribution in [0.15, 0.2) is 42.7 Å². The molecular weight excluding hydrogens is 431 g/mol. The Hall–Kier alpha value is -3.40. The fraction of sp³-hybridized carbons (Fsp3) is 0.200. The third-order valence-corrected chi connectivity index (χ3v) is 4.81. The smallest absolute Gasteiger partial charge is 0.257 e. The third kappa shape index (κ3) is 4.38. The lowest BCUT2D eigenvalue weighted by atomic mass is 10.1. The number of hydrogen-bond acceptors (Lipinski definition) is 5. The number of alkyl halides is 2. The van der Waals surface area contributed by atoms with Crippen LogP contribution < -0.4 is 5.32 Å². The first-order valence-electron chi connectivity index (χ1n) is 9.25. The molecule has 0 spiro atoms. The van der Waals surface area contributed by atoms with Crippen LogP contribution in [0.5, 0.6) is 0 Å². The van der Waals surface area contributed by atoms with Crippen LogP contribution in [0.3, 0.4) is 0 Å². The molecule has 0 bridgehead atoms. The standard InChI is InChI=1S/C20H17ClF3N7/c1-11-7-12(2)31(28-11)17-8-16(25-10-26-17)27-20-18(21)19(30(29-20)9-15(23)24)13-3-5-14(22)6-4-13/h3-8,10,15H,9H2,1-2H3,(H,25,26,27,29). The highest BCUT2D eigenvalue weighted by Crippen LogP contribution is 2.35. The molecule has 0 aliphatic rings. The molecule has 160 valence electrons. The van der Waals surface area contributed by atoms with E-state index in [9.17, 15) is 13.2 Å². The molecule has 0 unspecified atom stereocenters. The number of nitrogens with zero attached hydrogens (tertiary/aromatic N) is 6. The zero-order chi connectivity index (χ0) is 22.1. The molecule has 1 N–H and O–H groups in total. The monoisotopic (exact) mass is 447 g/mol. The van der Waals surface area contributed by atoms with Gasteiger partial charge in [-0.05, 0) is 44.2 Å². The summed E-state index contributed by atoms with van der Waals surface area (Å²) in [5.74, 6) is 0.562. The molecule has 0 saturated heterocycles. The zero-order valence-corrected chi connectivity index (χ0v) is 17.3. The molecule has 0 saturated carbocycles. The molecule has 3 aromatic heterocycles. The lowest BCUT2D eigenvalue weighted by Gasteiger charge is -2.07. The van der Waals surface area contributed by atoms with E-state index in [4.69, 9.17) is 11.6 Å². The summed E-state index contributed by atoms with van der Waals surface area (Å²) in [6.07, 6.45) is -1.31. The minimum Gasteiger partial charge on any atom is -0.322 e. The van der Waals surface area contributed by atoms with Crippen LogP contribution in [0.4, 0.5) is 24.8 Å². The van der Waals surface area contributed by atoms with Crippen LogP contribution in [-0.2, 0) is 6.54 Å². The van der Waals surface area contributed by atoms with E-state index in [-0.39, 0.29) is 16.5 Å². The van der Waals surface area contributed by atoms with Crippen molar-refractivity contribution in [2.75, 3.05) is 5.32 Å². The maximum atomic E-state index is 13.3. The maximum Gasteiger partial charge on any atom is 0.257 e. The van der Waals surface area contributed by atoms with Crippen LogP contribution in [0.2, 0.25) is 5.02 Å². The zero-order valence-electron chi connectivity index (χ0n) is 16.5. The van der Waals surface area contributed by atoms with E-state index >= 15 is 0 Å². The van der Waals surface area contributed by atoms with E-state index < -0.39 is 18.8 Å². The summed E-state index contributed by atoms with van der Waals surface area (Å²) in [5, 5.41) is 11.6. The van der Waals surface area contributed by atoms with Gasteiger partial charge in [0.15, 0.2) is 11.6 Å². The summed E-state index contributed by atoms with van der Waals surface area (Å²) in [4.78, 5) is 8.37. The lowest BCUT2D eigenvalue weighted by Crippen LogP contribution is -2.10. The molecule has 1 aromatic carbocycles. The Morgan fingerprint density at radius 3 is 2.45 bits per heavy atom. The van der Waals surface area contributed by atoms with Gasteiger partial charge in [0.2, 0.25) is 0 Å². The van der Waals surface area contributed by atoms with Crippen LogP contribution in [0.1, 0.15) is 11.4 Å². The number of halogens is 4. The van der Waals surface area contributed by atoms with Gasteiger partial charge in [-0.1, -0.05) is 11.6 Å². The number of rotatable bonds is 6. The topological polar surface area (TPSA) is 73.5 Å². The predicted octanol–water partition coefficient (Wildman–Crippen LogP) is 4.94. The molecule has 0 aliphatic carbocycles. The van der Waals surface area contributed by atoms with Crippen molar-refractivity contribution in [3.05, 3.63) is 65.0 Å². The van der Waals surface area contributed by atoms with Crippen molar-refractivity contribution in [3.63, 3.8) is 0 Å². The molecule has 4 rings (SSSR count). The Bertz CT molecular complexity index is 1220. The van der Waals surface area contributed by atoms with Crippen LogP contribution in [-0.4, -0.2) is 36.0 Å². The number of nitrogens with one attached hydrogen (secondary N) is 1. The van der Waals surface area contributed by atoms with Crippen LogP contribution in [0, 0.1) is 19.7 Å². The van der Waals surface area contributed by atoms with E-state index in [1.807, 2.05) is 19.9 Å². The molecule has 0 radical (unpaired) electrons. The van der Waals surface area contributed by atoms with Crippen molar-refractivity contribution in [2.45, 2.75) is 26.8 Å². The highest BCUT2D eigenvalue weighted by atomic mass is 35.5. The highest BCUT2D eigenvalue weighted by Gasteiger charge is 2.21. The van der Waals surface area contributed by atoms with Crippen LogP contribution >= 0.6 is 11.6 Å². The van der Waals surface area contributed by atoms with Crippen LogP contribution in [0.25, 0.3) is 17.1 Å². The van der Waals surface area contributed by atoms with Gasteiger partial charge in [0.05, 0.1) is 11.4 Å². The summed E-state index contributed by atoms with van der Waals surface area (Å²) in [5.41, 5.74) is 2.43. The minimum atomic E-state index is -2.65. The molecule has 0 fully saturated rings. The predicted molar refractivity (Wildman–Crippen MR) is 111 cm³/mol. The lowest BCUT2D eigenvalue weighted by molar-refractivity contribution is 0.122. The maximum absolute atomic E-state index is 13.3. The molecule has 0 aliphatic heterocycles. The number of aryl methyl sites for hydroxylation is 2. The summed E-state index contributed by atoms with van der Waals surface area (Å²) < 4.78 is 42.3. The molecule has 7 nitrogen and oxygen atoms in total. The van der Waals surface area contributed by atoms with Gasteiger partial charge < -0.3 is 5.32 Å². The SMILES string of the molecule is Cc1cc(C)n(-c2cc(Nc3nn(CC(F)F)c(-c4ccc(F)cc4)c3Cl)ncn2)n1. The molecule has 11 heteroatoms.